The molecule has 3 nitrogen and oxygen atoms in total. The molecule has 0 atom stereocenters. The molecule has 0 aliphatic heterocycles. The molecule has 0 aromatic heterocycles. The van der Waals surface area contributed by atoms with Crippen LogP contribution in [0.2, 0.25) is 0 Å². The predicted octanol–water partition coefficient (Wildman–Crippen LogP) is 1.86. The molecule has 0 bridgehead atoms. The van der Waals surface area contributed by atoms with Crippen LogP contribution in [0, 0.1) is 0 Å². The van der Waals surface area contributed by atoms with Gasteiger partial charge in [0.2, 0.25) is 0 Å². The van der Waals surface area contributed by atoms with E-state index < -0.39 is 0 Å². The fourth-order valence-electron chi connectivity index (χ4n) is 0.892. The Hall–Kier alpha value is -1.12. The summed E-state index contributed by atoms with van der Waals surface area (Å²) in [6.07, 6.45) is 3.37. The molecule has 3 heteroatoms. The van der Waals surface area contributed by atoms with E-state index in [-0.39, 0.29) is 11.8 Å². The third-order valence-electron chi connectivity index (χ3n) is 1.67. The number of ether oxygens (including phenoxy) is 1. The number of rotatable bonds is 5. The van der Waals surface area contributed by atoms with Gasteiger partial charge in [0.25, 0.3) is 0 Å². The second kappa shape index (κ2) is 6.40. The topological polar surface area (TPSA) is 43.4 Å². The number of carbonyl (C=O) groups is 2. The van der Waals surface area contributed by atoms with Gasteiger partial charge in [-0.3, -0.25) is 4.79 Å². The maximum Gasteiger partial charge on any atom is 0.333 e. The maximum absolute atomic E-state index is 11.1. The number of hydrogen-bond donors (Lipinski definition) is 0. The van der Waals surface area contributed by atoms with Crippen molar-refractivity contribution in [3.05, 3.63) is 11.6 Å². The Labute approximate surface area is 78.8 Å². The van der Waals surface area contributed by atoms with Crippen molar-refractivity contribution in [2.24, 2.45) is 0 Å². The summed E-state index contributed by atoms with van der Waals surface area (Å²) in [5, 5.41) is 0. The molecule has 0 aliphatic rings. The van der Waals surface area contributed by atoms with Crippen LogP contribution in [0.3, 0.4) is 0 Å². The van der Waals surface area contributed by atoms with Gasteiger partial charge in [0, 0.05) is 18.4 Å². The lowest BCUT2D eigenvalue weighted by molar-refractivity contribution is -0.136. The fraction of sp³-hybridized carbons (Fsp3) is 0.600. The Balaban J connectivity index is 3.96. The number of Topliss-reactive ketones (excluding diaryl/α,β-unsaturated/α-hetero) is 1. The smallest absolute Gasteiger partial charge is 0.333 e. The number of hydrogen-bond acceptors (Lipinski definition) is 3. The minimum Gasteiger partial charge on any atom is -0.466 e. The Morgan fingerprint density at radius 3 is 2.46 bits per heavy atom. The van der Waals surface area contributed by atoms with Crippen LogP contribution in [-0.2, 0) is 14.3 Å². The largest absolute Gasteiger partial charge is 0.466 e. The third kappa shape index (κ3) is 5.17. The highest BCUT2D eigenvalue weighted by molar-refractivity contribution is 5.89. The lowest BCUT2D eigenvalue weighted by atomic mass is 10.1. The molecule has 0 aromatic carbocycles. The van der Waals surface area contributed by atoms with Gasteiger partial charge in [0.15, 0.2) is 0 Å². The Bertz CT molecular complexity index is 216. The minimum atomic E-state index is -0.371. The van der Waals surface area contributed by atoms with Gasteiger partial charge in [-0.25, -0.2) is 4.79 Å². The normalized spacial score (nSPS) is 11.2. The molecule has 0 fully saturated rings. The van der Waals surface area contributed by atoms with E-state index in [1.807, 2.05) is 6.92 Å². The molecule has 0 unspecified atom stereocenters. The predicted molar refractivity (Wildman–Crippen MR) is 50.3 cm³/mol. The van der Waals surface area contributed by atoms with Crippen LogP contribution in [0.15, 0.2) is 11.6 Å². The van der Waals surface area contributed by atoms with E-state index in [2.05, 4.69) is 4.74 Å². The minimum absolute atomic E-state index is 0.158. The Morgan fingerprint density at radius 2 is 2.00 bits per heavy atom. The van der Waals surface area contributed by atoms with Gasteiger partial charge in [-0.2, -0.15) is 0 Å². The first-order valence-electron chi connectivity index (χ1n) is 4.38. The zero-order valence-electron chi connectivity index (χ0n) is 8.42. The highest BCUT2D eigenvalue weighted by Crippen LogP contribution is 2.01. The van der Waals surface area contributed by atoms with E-state index in [4.69, 9.17) is 0 Å². The number of methoxy groups -OCH3 is 1. The van der Waals surface area contributed by atoms with Gasteiger partial charge in [0.1, 0.15) is 5.78 Å². The first-order valence-corrected chi connectivity index (χ1v) is 4.38. The maximum atomic E-state index is 11.1. The zero-order valence-corrected chi connectivity index (χ0v) is 8.42. The van der Waals surface area contributed by atoms with E-state index in [0.29, 0.717) is 18.4 Å². The summed E-state index contributed by atoms with van der Waals surface area (Å²) < 4.78 is 4.49. The average molecular weight is 184 g/mol. The molecule has 0 N–H and O–H groups in total. The van der Waals surface area contributed by atoms with E-state index in [0.717, 1.165) is 6.42 Å². The van der Waals surface area contributed by atoms with Crippen molar-refractivity contribution in [2.75, 3.05) is 7.11 Å². The molecule has 0 aliphatic carbocycles. The molecule has 13 heavy (non-hydrogen) atoms. The van der Waals surface area contributed by atoms with E-state index in [1.165, 1.54) is 7.11 Å². The van der Waals surface area contributed by atoms with Crippen molar-refractivity contribution in [2.45, 2.75) is 33.1 Å². The lowest BCUT2D eigenvalue weighted by Gasteiger charge is -1.98. The summed E-state index contributed by atoms with van der Waals surface area (Å²) in [4.78, 5) is 21.9. The highest BCUT2D eigenvalue weighted by atomic mass is 16.5. The molecule has 0 saturated heterocycles. The van der Waals surface area contributed by atoms with Crippen LogP contribution >= 0.6 is 0 Å². The van der Waals surface area contributed by atoms with Crippen LogP contribution < -0.4 is 0 Å². The fourth-order valence-corrected chi connectivity index (χ4v) is 0.892. The summed E-state index contributed by atoms with van der Waals surface area (Å²) >= 11 is 0. The van der Waals surface area contributed by atoms with Crippen LogP contribution in [-0.4, -0.2) is 18.9 Å². The lowest BCUT2D eigenvalue weighted by Crippen LogP contribution is -2.03. The van der Waals surface area contributed by atoms with Crippen molar-refractivity contribution in [1.82, 2.24) is 0 Å². The van der Waals surface area contributed by atoms with Gasteiger partial charge in [-0.15, -0.1) is 0 Å². The van der Waals surface area contributed by atoms with Gasteiger partial charge in [-0.05, 0) is 13.3 Å². The quantitative estimate of drug-likeness (QED) is 0.484. The molecular weight excluding hydrogens is 168 g/mol. The van der Waals surface area contributed by atoms with Crippen LogP contribution in [0.4, 0.5) is 0 Å². The van der Waals surface area contributed by atoms with Gasteiger partial charge >= 0.3 is 5.97 Å². The van der Waals surface area contributed by atoms with Crippen molar-refractivity contribution < 1.29 is 14.3 Å². The summed E-state index contributed by atoms with van der Waals surface area (Å²) in [5.74, 6) is -0.213. The summed E-state index contributed by atoms with van der Waals surface area (Å²) in [7, 11) is 1.33. The molecule has 0 heterocycles. The van der Waals surface area contributed by atoms with Crippen molar-refractivity contribution in [3.63, 3.8) is 0 Å². The third-order valence-corrected chi connectivity index (χ3v) is 1.67. The van der Waals surface area contributed by atoms with Gasteiger partial charge < -0.3 is 4.74 Å². The summed E-state index contributed by atoms with van der Waals surface area (Å²) in [6, 6.07) is 0. The first-order chi connectivity index (χ1) is 6.11. The number of allylic oxidation sites excluding steroid dienone is 1. The molecule has 0 radical (unpaired) electrons. The molecule has 0 amide bonds. The van der Waals surface area contributed by atoms with Crippen LogP contribution in [0.25, 0.3) is 0 Å². The molecule has 0 aromatic rings. The van der Waals surface area contributed by atoms with E-state index in [9.17, 15) is 9.59 Å². The van der Waals surface area contributed by atoms with Crippen molar-refractivity contribution in [1.29, 1.82) is 0 Å². The highest BCUT2D eigenvalue weighted by Gasteiger charge is 2.03. The van der Waals surface area contributed by atoms with Gasteiger partial charge in [0.05, 0.1) is 7.11 Å². The Kier molecular flexibility index (Phi) is 5.85. The second-order valence-electron chi connectivity index (χ2n) is 2.87. The van der Waals surface area contributed by atoms with E-state index >= 15 is 0 Å². The molecule has 74 valence electrons. The SMILES string of the molecule is CCCC(=O)CC=C(C)C(=O)OC. The van der Waals surface area contributed by atoms with Crippen LogP contribution in [0.5, 0.6) is 0 Å². The van der Waals surface area contributed by atoms with Crippen molar-refractivity contribution >= 4 is 11.8 Å². The zero-order chi connectivity index (χ0) is 10.3. The molecule has 0 saturated carbocycles. The monoisotopic (exact) mass is 184 g/mol. The van der Waals surface area contributed by atoms with Crippen molar-refractivity contribution in [3.8, 4) is 0 Å². The second-order valence-corrected chi connectivity index (χ2v) is 2.87. The number of carbonyl (C=O) groups excluding carboxylic acids is 2. The number of esters is 1. The van der Waals surface area contributed by atoms with Gasteiger partial charge in [-0.1, -0.05) is 13.0 Å². The average Bonchev–Trinajstić information content (AvgIpc) is 2.13. The number of ketones is 1. The van der Waals surface area contributed by atoms with Crippen LogP contribution in [0.1, 0.15) is 33.1 Å². The molecule has 0 rings (SSSR count). The summed E-state index contributed by atoms with van der Waals surface area (Å²) in [6.45, 7) is 3.60. The molecule has 0 spiro atoms. The standard InChI is InChI=1S/C10H16O3/c1-4-5-9(11)7-6-8(2)10(12)13-3/h6H,4-5,7H2,1-3H3. The molecular formula is C10H16O3. The first kappa shape index (κ1) is 11.9. The Morgan fingerprint density at radius 1 is 1.38 bits per heavy atom. The van der Waals surface area contributed by atoms with E-state index in [1.54, 1.807) is 13.0 Å². The summed E-state index contributed by atoms with van der Waals surface area (Å²) in [5.41, 5.74) is 0.493.